The molecular formula is C32H32N2O6. The van der Waals surface area contributed by atoms with Crippen molar-refractivity contribution in [2.75, 3.05) is 19.7 Å². The van der Waals surface area contributed by atoms with Crippen molar-refractivity contribution in [1.82, 2.24) is 10.2 Å². The summed E-state index contributed by atoms with van der Waals surface area (Å²) in [6.07, 6.45) is 0.383. The molecule has 8 nitrogen and oxygen atoms in total. The number of rotatable bonds is 9. The largest absolute Gasteiger partial charge is 0.478 e. The zero-order chi connectivity index (χ0) is 28.1. The molecule has 0 aromatic heterocycles. The summed E-state index contributed by atoms with van der Waals surface area (Å²) >= 11 is 0. The molecular weight excluding hydrogens is 508 g/mol. The van der Waals surface area contributed by atoms with Crippen molar-refractivity contribution in [1.29, 1.82) is 0 Å². The number of hydrogen-bond acceptors (Lipinski definition) is 5. The van der Waals surface area contributed by atoms with Crippen molar-refractivity contribution < 1.29 is 29.0 Å². The van der Waals surface area contributed by atoms with Crippen LogP contribution in [0.2, 0.25) is 0 Å². The van der Waals surface area contributed by atoms with E-state index in [1.807, 2.05) is 66.7 Å². The van der Waals surface area contributed by atoms with Crippen molar-refractivity contribution in [3.05, 3.63) is 107 Å². The molecule has 0 saturated carbocycles. The number of ether oxygens (including phenoxy) is 2. The number of benzene rings is 3. The monoisotopic (exact) mass is 540 g/mol. The smallest absolute Gasteiger partial charge is 0.407 e. The van der Waals surface area contributed by atoms with Gasteiger partial charge in [-0.3, -0.25) is 4.79 Å². The van der Waals surface area contributed by atoms with Gasteiger partial charge < -0.3 is 24.8 Å². The van der Waals surface area contributed by atoms with Crippen molar-refractivity contribution in [2.24, 2.45) is 0 Å². The van der Waals surface area contributed by atoms with Gasteiger partial charge in [0.15, 0.2) is 0 Å². The van der Waals surface area contributed by atoms with E-state index in [2.05, 4.69) is 17.4 Å². The lowest BCUT2D eigenvalue weighted by atomic mass is 9.98. The zero-order valence-corrected chi connectivity index (χ0v) is 22.3. The lowest BCUT2D eigenvalue weighted by molar-refractivity contribution is -0.138. The quantitative estimate of drug-likeness (QED) is 0.406. The third kappa shape index (κ3) is 5.92. The van der Waals surface area contributed by atoms with Crippen LogP contribution in [0.1, 0.15) is 36.0 Å². The number of amides is 2. The van der Waals surface area contributed by atoms with E-state index in [0.29, 0.717) is 0 Å². The van der Waals surface area contributed by atoms with Crippen LogP contribution in [0.3, 0.4) is 0 Å². The highest BCUT2D eigenvalue weighted by atomic mass is 16.5. The molecule has 1 aliphatic carbocycles. The molecule has 1 aliphatic heterocycles. The van der Waals surface area contributed by atoms with Gasteiger partial charge in [0.1, 0.15) is 12.6 Å². The topological polar surface area (TPSA) is 105 Å². The van der Waals surface area contributed by atoms with E-state index in [9.17, 15) is 19.5 Å². The summed E-state index contributed by atoms with van der Waals surface area (Å²) in [7, 11) is 0. The normalized spacial score (nSPS) is 15.8. The first-order valence-electron chi connectivity index (χ1n) is 13.4. The van der Waals surface area contributed by atoms with E-state index < -0.39 is 24.2 Å². The van der Waals surface area contributed by atoms with Crippen LogP contribution in [0.4, 0.5) is 4.79 Å². The second kappa shape index (κ2) is 12.2. The number of hydrogen-bond donors (Lipinski definition) is 2. The standard InChI is InChI=1S/C32H32N2O6/c1-21(39-19-22-9-3-2-4-10-22)29(30(35)34-17-15-23(16-18-34)31(36)37)33-32(38)40-20-28-26-13-7-5-11-24(26)25-12-6-8-14-27(25)28/h2-15,21,28-29H,16-20H2,1H3,(H,33,38)(H,36,37). The van der Waals surface area contributed by atoms with Crippen LogP contribution < -0.4 is 5.32 Å². The number of nitrogens with one attached hydrogen (secondary N) is 1. The average Bonchev–Trinajstić information content (AvgIpc) is 3.31. The Hall–Kier alpha value is -4.43. The third-order valence-corrected chi connectivity index (χ3v) is 7.50. The Labute approximate surface area is 233 Å². The van der Waals surface area contributed by atoms with Crippen molar-refractivity contribution in [2.45, 2.75) is 38.0 Å². The molecule has 40 heavy (non-hydrogen) atoms. The van der Waals surface area contributed by atoms with E-state index >= 15 is 0 Å². The summed E-state index contributed by atoms with van der Waals surface area (Å²) in [6.45, 7) is 2.51. The first-order valence-corrected chi connectivity index (χ1v) is 13.4. The van der Waals surface area contributed by atoms with Crippen LogP contribution in [-0.2, 0) is 25.7 Å². The van der Waals surface area contributed by atoms with E-state index in [1.165, 1.54) is 11.0 Å². The molecule has 0 bridgehead atoms. The number of fused-ring (bicyclic) bond motifs is 3. The van der Waals surface area contributed by atoms with Crippen molar-refractivity contribution in [3.8, 4) is 11.1 Å². The molecule has 2 N–H and O–H groups in total. The lowest BCUT2D eigenvalue weighted by Crippen LogP contribution is -2.55. The van der Waals surface area contributed by atoms with Gasteiger partial charge in [0.05, 0.1) is 12.7 Å². The molecule has 3 aromatic carbocycles. The minimum atomic E-state index is -1.01. The van der Waals surface area contributed by atoms with Crippen LogP contribution in [0.15, 0.2) is 90.5 Å². The van der Waals surface area contributed by atoms with Gasteiger partial charge in [-0.25, -0.2) is 9.59 Å². The molecule has 206 valence electrons. The summed E-state index contributed by atoms with van der Waals surface area (Å²) in [5, 5.41) is 12.0. The fraction of sp³-hybridized carbons (Fsp3) is 0.281. The van der Waals surface area contributed by atoms with Crippen LogP contribution in [0.5, 0.6) is 0 Å². The predicted molar refractivity (Wildman–Crippen MR) is 150 cm³/mol. The second-order valence-corrected chi connectivity index (χ2v) is 10.0. The SMILES string of the molecule is CC(OCc1ccccc1)C(NC(=O)OCC1c2ccccc2-c2ccccc21)C(=O)N1CC=C(C(=O)O)CC1. The summed E-state index contributed by atoms with van der Waals surface area (Å²) < 4.78 is 11.7. The van der Waals surface area contributed by atoms with Gasteiger partial charge in [-0.05, 0) is 41.2 Å². The summed E-state index contributed by atoms with van der Waals surface area (Å²) in [5.74, 6) is -1.45. The van der Waals surface area contributed by atoms with Gasteiger partial charge in [-0.15, -0.1) is 0 Å². The molecule has 3 aromatic rings. The number of aliphatic carboxylic acids is 1. The third-order valence-electron chi connectivity index (χ3n) is 7.50. The molecule has 0 spiro atoms. The van der Waals surface area contributed by atoms with Gasteiger partial charge >= 0.3 is 12.1 Å². The summed E-state index contributed by atoms with van der Waals surface area (Å²) in [6, 6.07) is 24.7. The molecule has 0 radical (unpaired) electrons. The molecule has 2 unspecified atom stereocenters. The highest BCUT2D eigenvalue weighted by molar-refractivity contribution is 5.89. The zero-order valence-electron chi connectivity index (χ0n) is 22.3. The van der Waals surface area contributed by atoms with E-state index in [1.54, 1.807) is 6.92 Å². The number of carboxylic acid groups (broad SMARTS) is 1. The van der Waals surface area contributed by atoms with Gasteiger partial charge in [0.25, 0.3) is 0 Å². The average molecular weight is 541 g/mol. The Kier molecular flexibility index (Phi) is 8.26. The Balaban J connectivity index is 1.28. The maximum absolute atomic E-state index is 13.5. The van der Waals surface area contributed by atoms with Crippen LogP contribution >= 0.6 is 0 Å². The fourth-order valence-electron chi connectivity index (χ4n) is 5.31. The highest BCUT2D eigenvalue weighted by Gasteiger charge is 2.34. The molecule has 2 atom stereocenters. The van der Waals surface area contributed by atoms with Crippen LogP contribution in [-0.4, -0.2) is 59.8 Å². The molecule has 0 fully saturated rings. The van der Waals surface area contributed by atoms with Crippen molar-refractivity contribution >= 4 is 18.0 Å². The number of carbonyl (C=O) groups is 3. The number of carboxylic acids is 1. The first kappa shape index (κ1) is 27.1. The molecule has 2 aliphatic rings. The van der Waals surface area contributed by atoms with Gasteiger partial charge in [-0.1, -0.05) is 84.9 Å². The minimum absolute atomic E-state index is 0.110. The molecule has 5 rings (SSSR count). The minimum Gasteiger partial charge on any atom is -0.478 e. The Morgan fingerprint density at radius 2 is 1.57 bits per heavy atom. The Bertz CT molecular complexity index is 1370. The number of carbonyl (C=O) groups excluding carboxylic acids is 2. The number of alkyl carbamates (subject to hydrolysis) is 1. The highest BCUT2D eigenvalue weighted by Crippen LogP contribution is 2.44. The van der Waals surface area contributed by atoms with E-state index in [4.69, 9.17) is 9.47 Å². The van der Waals surface area contributed by atoms with Crippen LogP contribution in [0, 0.1) is 0 Å². The Morgan fingerprint density at radius 3 is 2.17 bits per heavy atom. The molecule has 0 saturated heterocycles. The second-order valence-electron chi connectivity index (χ2n) is 10.0. The van der Waals surface area contributed by atoms with E-state index in [0.717, 1.165) is 27.8 Å². The molecule has 8 heteroatoms. The summed E-state index contributed by atoms with van der Waals surface area (Å²) in [4.78, 5) is 39.5. The van der Waals surface area contributed by atoms with Gasteiger partial charge in [-0.2, -0.15) is 0 Å². The van der Waals surface area contributed by atoms with Gasteiger partial charge in [0.2, 0.25) is 5.91 Å². The molecule has 2 amide bonds. The predicted octanol–water partition coefficient (Wildman–Crippen LogP) is 4.74. The van der Waals surface area contributed by atoms with Crippen LogP contribution in [0.25, 0.3) is 11.1 Å². The van der Waals surface area contributed by atoms with Crippen molar-refractivity contribution in [3.63, 3.8) is 0 Å². The van der Waals surface area contributed by atoms with Gasteiger partial charge in [0, 0.05) is 24.6 Å². The van der Waals surface area contributed by atoms with E-state index in [-0.39, 0.29) is 50.1 Å². The lowest BCUT2D eigenvalue weighted by Gasteiger charge is -2.32. The Morgan fingerprint density at radius 1 is 0.950 bits per heavy atom. The maximum atomic E-state index is 13.5. The maximum Gasteiger partial charge on any atom is 0.407 e. The first-order chi connectivity index (χ1) is 19.4. The fourth-order valence-corrected chi connectivity index (χ4v) is 5.31. The number of nitrogens with zero attached hydrogens (tertiary/aromatic N) is 1. The summed E-state index contributed by atoms with van der Waals surface area (Å²) in [5.41, 5.74) is 5.66. The molecule has 1 heterocycles.